The third kappa shape index (κ3) is 477. The van der Waals surface area contributed by atoms with Crippen LogP contribution in [-0.2, 0) is 0 Å². The lowest BCUT2D eigenvalue weighted by molar-refractivity contribution is 1.50. The zero-order valence-corrected chi connectivity index (χ0v) is 6.57. The van der Waals surface area contributed by atoms with E-state index in [9.17, 15) is 0 Å². The standard InChI is InChI=1S/C4H8.C2H6.C2H4/c1-3-4-2;2*1-2/h3-4H,1-2H3;1-2H3;1-2H2/b4-3-;;. The molecule has 0 unspecified atom stereocenters. The molecule has 0 aliphatic carbocycles. The molecule has 0 aliphatic heterocycles. The van der Waals surface area contributed by atoms with Crippen molar-refractivity contribution < 1.29 is 0 Å². The lowest BCUT2D eigenvalue weighted by Crippen LogP contribution is -1.26. The number of allylic oxidation sites excluding steroid dienone is 2. The minimum atomic E-state index is 2.00. The summed E-state index contributed by atoms with van der Waals surface area (Å²) in [5, 5.41) is 0. The Morgan fingerprint density at radius 3 is 1.00 bits per heavy atom. The Morgan fingerprint density at radius 2 is 1.00 bits per heavy atom. The predicted octanol–water partition coefficient (Wildman–Crippen LogP) is 3.41. The molecule has 0 atom stereocenters. The molecule has 0 saturated heterocycles. The molecule has 0 bridgehead atoms. The van der Waals surface area contributed by atoms with Crippen molar-refractivity contribution in [2.45, 2.75) is 27.7 Å². The molecule has 8 heavy (non-hydrogen) atoms. The molecule has 0 rings (SSSR count). The predicted molar refractivity (Wildman–Crippen MR) is 43.1 cm³/mol. The Balaban J connectivity index is -0.0000000542. The monoisotopic (exact) mass is 114 g/mol. The lowest BCUT2D eigenvalue weighted by atomic mass is 10.6. The van der Waals surface area contributed by atoms with E-state index in [1.54, 1.807) is 0 Å². The van der Waals surface area contributed by atoms with Gasteiger partial charge in [0.15, 0.2) is 0 Å². The van der Waals surface area contributed by atoms with Crippen LogP contribution in [0.15, 0.2) is 25.3 Å². The van der Waals surface area contributed by atoms with Crippen LogP contribution in [0.2, 0.25) is 0 Å². The summed E-state index contributed by atoms with van der Waals surface area (Å²) < 4.78 is 0. The van der Waals surface area contributed by atoms with Gasteiger partial charge in [0.05, 0.1) is 0 Å². The highest BCUT2D eigenvalue weighted by molar-refractivity contribution is 4.68. The van der Waals surface area contributed by atoms with E-state index in [4.69, 9.17) is 0 Å². The second kappa shape index (κ2) is 88.8. The maximum Gasteiger partial charge on any atom is -0.0470 e. The first kappa shape index (κ1) is 15.6. The van der Waals surface area contributed by atoms with Gasteiger partial charge >= 0.3 is 0 Å². The summed E-state index contributed by atoms with van der Waals surface area (Å²) >= 11 is 0. The van der Waals surface area contributed by atoms with Crippen LogP contribution in [0.1, 0.15) is 27.7 Å². The maximum atomic E-state index is 3.00. The minimum Gasteiger partial charge on any atom is -0.106 e. The quantitative estimate of drug-likeness (QED) is 0.423. The van der Waals surface area contributed by atoms with Gasteiger partial charge in [-0.15, -0.1) is 13.2 Å². The molecular formula is C8H18. The van der Waals surface area contributed by atoms with E-state index >= 15 is 0 Å². The van der Waals surface area contributed by atoms with E-state index in [-0.39, 0.29) is 0 Å². The number of hydrogen-bond acceptors (Lipinski definition) is 0. The van der Waals surface area contributed by atoms with Gasteiger partial charge < -0.3 is 0 Å². The lowest BCUT2D eigenvalue weighted by Gasteiger charge is -1.49. The first-order valence-electron chi connectivity index (χ1n) is 2.99. The molecule has 0 aliphatic rings. The van der Waals surface area contributed by atoms with Crippen LogP contribution < -0.4 is 0 Å². The molecule has 50 valence electrons. The van der Waals surface area contributed by atoms with Gasteiger partial charge in [-0.25, -0.2) is 0 Å². The maximum absolute atomic E-state index is 3.00. The molecule has 0 aromatic heterocycles. The van der Waals surface area contributed by atoms with Gasteiger partial charge in [0.1, 0.15) is 0 Å². The Kier molecular flexibility index (Phi) is 174. The second-order valence-corrected chi connectivity index (χ2v) is 0.667. The first-order chi connectivity index (χ1) is 3.91. The Labute approximate surface area is 53.9 Å². The molecule has 0 heterocycles. The highest BCUT2D eigenvalue weighted by Gasteiger charge is 1.34. The van der Waals surface area contributed by atoms with Crippen molar-refractivity contribution in [3.8, 4) is 0 Å². The van der Waals surface area contributed by atoms with Crippen molar-refractivity contribution in [3.05, 3.63) is 25.3 Å². The van der Waals surface area contributed by atoms with Gasteiger partial charge in [0.25, 0.3) is 0 Å². The molecule has 0 heteroatoms. The van der Waals surface area contributed by atoms with E-state index in [0.29, 0.717) is 0 Å². The van der Waals surface area contributed by atoms with Gasteiger partial charge in [0, 0.05) is 0 Å². The summed E-state index contributed by atoms with van der Waals surface area (Å²) in [6.45, 7) is 14.0. The molecule has 0 aromatic rings. The normalized spacial score (nSPS) is 6.00. The molecule has 0 radical (unpaired) electrons. The highest BCUT2D eigenvalue weighted by Crippen LogP contribution is 1.57. The summed E-state index contributed by atoms with van der Waals surface area (Å²) in [6.07, 6.45) is 4.00. The van der Waals surface area contributed by atoms with Crippen LogP contribution in [0.4, 0.5) is 0 Å². The zero-order chi connectivity index (χ0) is 7.41. The van der Waals surface area contributed by atoms with Crippen molar-refractivity contribution in [1.82, 2.24) is 0 Å². The number of hydrogen-bond donors (Lipinski definition) is 0. The summed E-state index contributed by atoms with van der Waals surface area (Å²) in [5.41, 5.74) is 0. The summed E-state index contributed by atoms with van der Waals surface area (Å²) in [6, 6.07) is 0. The molecule has 0 aromatic carbocycles. The highest BCUT2D eigenvalue weighted by atomic mass is 13.4. The minimum absolute atomic E-state index is 2.00. The summed E-state index contributed by atoms with van der Waals surface area (Å²) in [4.78, 5) is 0. The van der Waals surface area contributed by atoms with E-state index in [0.717, 1.165) is 0 Å². The summed E-state index contributed by atoms with van der Waals surface area (Å²) in [5.74, 6) is 0. The van der Waals surface area contributed by atoms with Crippen LogP contribution in [0.25, 0.3) is 0 Å². The Bertz CT molecular complexity index is 23.0. The van der Waals surface area contributed by atoms with Crippen molar-refractivity contribution in [2.24, 2.45) is 0 Å². The molecule has 0 spiro atoms. The second-order valence-electron chi connectivity index (χ2n) is 0.667. The third-order valence-electron chi connectivity index (χ3n) is 0.333. The van der Waals surface area contributed by atoms with Crippen LogP contribution in [0.3, 0.4) is 0 Å². The van der Waals surface area contributed by atoms with E-state index < -0.39 is 0 Å². The van der Waals surface area contributed by atoms with Crippen molar-refractivity contribution >= 4 is 0 Å². The molecule has 0 amide bonds. The SMILES string of the molecule is C/C=C\C.C=C.CC. The fraction of sp³-hybridized carbons (Fsp3) is 0.500. The molecule has 0 fully saturated rings. The van der Waals surface area contributed by atoms with Gasteiger partial charge in [0.2, 0.25) is 0 Å². The van der Waals surface area contributed by atoms with Crippen LogP contribution in [-0.4, -0.2) is 0 Å². The average molecular weight is 114 g/mol. The zero-order valence-electron chi connectivity index (χ0n) is 6.57. The van der Waals surface area contributed by atoms with Gasteiger partial charge in [-0.05, 0) is 13.8 Å². The molecular weight excluding hydrogens is 96.1 g/mol. The van der Waals surface area contributed by atoms with E-state index in [2.05, 4.69) is 13.2 Å². The topological polar surface area (TPSA) is 0 Å². The van der Waals surface area contributed by atoms with E-state index in [1.807, 2.05) is 39.8 Å². The average Bonchev–Trinajstić information content (AvgIpc) is 1.96. The van der Waals surface area contributed by atoms with Gasteiger partial charge in [-0.3, -0.25) is 0 Å². The van der Waals surface area contributed by atoms with Crippen LogP contribution >= 0.6 is 0 Å². The largest absolute Gasteiger partial charge is 0.106 e. The molecule has 0 N–H and O–H groups in total. The number of rotatable bonds is 0. The van der Waals surface area contributed by atoms with Crippen molar-refractivity contribution in [2.75, 3.05) is 0 Å². The Morgan fingerprint density at radius 1 is 0.875 bits per heavy atom. The van der Waals surface area contributed by atoms with Crippen molar-refractivity contribution in [3.63, 3.8) is 0 Å². The van der Waals surface area contributed by atoms with Crippen LogP contribution in [0, 0.1) is 0 Å². The molecule has 0 nitrogen and oxygen atoms in total. The van der Waals surface area contributed by atoms with Gasteiger partial charge in [-0.1, -0.05) is 26.0 Å². The smallest absolute Gasteiger partial charge is 0.0470 e. The van der Waals surface area contributed by atoms with E-state index in [1.165, 1.54) is 0 Å². The first-order valence-corrected chi connectivity index (χ1v) is 2.99. The fourth-order valence-corrected chi connectivity index (χ4v) is 0. The molecule has 0 saturated carbocycles. The van der Waals surface area contributed by atoms with Gasteiger partial charge in [-0.2, -0.15) is 0 Å². The Hall–Kier alpha value is -0.520. The van der Waals surface area contributed by atoms with Crippen molar-refractivity contribution in [1.29, 1.82) is 0 Å². The third-order valence-corrected chi connectivity index (χ3v) is 0.333. The fourth-order valence-electron chi connectivity index (χ4n) is 0. The summed E-state index contributed by atoms with van der Waals surface area (Å²) in [7, 11) is 0. The van der Waals surface area contributed by atoms with Crippen LogP contribution in [0.5, 0.6) is 0 Å².